The van der Waals surface area contributed by atoms with E-state index in [-0.39, 0.29) is 35.0 Å². The first kappa shape index (κ1) is 35.7. The molecule has 1 heterocycles. The normalized spacial score (nSPS) is 19.7. The lowest BCUT2D eigenvalue weighted by Crippen LogP contribution is -2.58. The fourth-order valence-corrected chi connectivity index (χ4v) is 8.98. The van der Waals surface area contributed by atoms with Gasteiger partial charge in [-0.25, -0.2) is 22.0 Å². The quantitative estimate of drug-likeness (QED) is 0.242. The molecule has 0 unspecified atom stereocenters. The minimum Gasteiger partial charge on any atom is -0.453 e. The van der Waals surface area contributed by atoms with Crippen molar-refractivity contribution in [2.75, 3.05) is 32.6 Å². The van der Waals surface area contributed by atoms with Crippen LogP contribution >= 0.6 is 11.6 Å². The predicted molar refractivity (Wildman–Crippen MR) is 182 cm³/mol. The standard InChI is InChI=1S/C35H41ClF2N4O5S/c1-22-20-39-21-27(42(22)48(45,46)28-17-18-28)9-5-10-29-30(38)11-6-12-31(29)40-34(43)33(41(2)35(44)47-3)32(23-13-15-25(36)16-14-23)24-7-4-8-26(37)19-24/h4,6-8,11-16,19,22,27-28,32-33,39H,5,9-10,17-18,20-21H2,1-3H3,(H,40,43)/t22-,27-,32-,33-/m0/s1. The Balaban J connectivity index is 1.42. The van der Waals surface area contributed by atoms with Crippen molar-refractivity contribution in [2.45, 2.75) is 68.3 Å². The number of carbonyl (C=O) groups is 2. The summed E-state index contributed by atoms with van der Waals surface area (Å²) in [6.45, 7) is 2.97. The van der Waals surface area contributed by atoms with Gasteiger partial charge >= 0.3 is 6.09 Å². The van der Waals surface area contributed by atoms with Crippen LogP contribution in [0.1, 0.15) is 55.2 Å². The second-order valence-electron chi connectivity index (χ2n) is 12.5. The molecule has 3 aromatic carbocycles. The van der Waals surface area contributed by atoms with Crippen LogP contribution in [0.4, 0.5) is 19.3 Å². The van der Waals surface area contributed by atoms with E-state index in [2.05, 4.69) is 10.6 Å². The number of benzene rings is 3. The van der Waals surface area contributed by atoms with E-state index in [1.54, 1.807) is 40.7 Å². The number of methoxy groups -OCH3 is 1. The molecule has 1 aliphatic carbocycles. The van der Waals surface area contributed by atoms with E-state index in [0.29, 0.717) is 54.9 Å². The number of carbonyl (C=O) groups excluding carboxylic acids is 2. The summed E-state index contributed by atoms with van der Waals surface area (Å²) >= 11 is 6.15. The Bertz CT molecular complexity index is 1720. The Hall–Kier alpha value is -3.58. The molecule has 0 aromatic heterocycles. The summed E-state index contributed by atoms with van der Waals surface area (Å²) in [7, 11) is -0.811. The third-order valence-corrected chi connectivity index (χ3v) is 11.9. The van der Waals surface area contributed by atoms with Crippen molar-refractivity contribution in [1.82, 2.24) is 14.5 Å². The highest BCUT2D eigenvalue weighted by molar-refractivity contribution is 7.90. The van der Waals surface area contributed by atoms with E-state index < -0.39 is 45.6 Å². The third-order valence-electron chi connectivity index (χ3n) is 9.10. The van der Waals surface area contributed by atoms with Gasteiger partial charge in [0.15, 0.2) is 0 Å². The summed E-state index contributed by atoms with van der Waals surface area (Å²) < 4.78 is 63.0. The Morgan fingerprint density at radius 1 is 1.06 bits per heavy atom. The van der Waals surface area contributed by atoms with Gasteiger partial charge in [0, 0.05) is 54.4 Å². The van der Waals surface area contributed by atoms with Crippen LogP contribution < -0.4 is 10.6 Å². The van der Waals surface area contributed by atoms with Crippen molar-refractivity contribution in [3.63, 3.8) is 0 Å². The molecular weight excluding hydrogens is 662 g/mol. The van der Waals surface area contributed by atoms with Gasteiger partial charge in [-0.05, 0) is 86.6 Å². The summed E-state index contributed by atoms with van der Waals surface area (Å²) in [6, 6.07) is 15.1. The van der Waals surface area contributed by atoms with E-state index >= 15 is 4.39 Å². The minimum atomic E-state index is -3.41. The second-order valence-corrected chi connectivity index (χ2v) is 15.0. The number of hydrogen-bond acceptors (Lipinski definition) is 6. The van der Waals surface area contributed by atoms with Gasteiger partial charge in [-0.3, -0.25) is 9.69 Å². The zero-order chi connectivity index (χ0) is 34.6. The molecular formula is C35H41ClF2N4O5S. The van der Waals surface area contributed by atoms with Crippen molar-refractivity contribution in [2.24, 2.45) is 0 Å². The van der Waals surface area contributed by atoms with Gasteiger partial charge in [0.2, 0.25) is 15.9 Å². The second kappa shape index (κ2) is 15.3. The number of nitrogens with one attached hydrogen (secondary N) is 2. The number of nitrogens with zero attached hydrogens (tertiary/aromatic N) is 2. The highest BCUT2D eigenvalue weighted by atomic mass is 35.5. The average molecular weight is 703 g/mol. The van der Waals surface area contributed by atoms with Crippen molar-refractivity contribution >= 4 is 39.3 Å². The van der Waals surface area contributed by atoms with Gasteiger partial charge in [-0.1, -0.05) is 41.9 Å². The Kier molecular flexibility index (Phi) is 11.4. The number of anilines is 1. The number of hydrogen-bond donors (Lipinski definition) is 2. The number of amides is 2. The van der Waals surface area contributed by atoms with Crippen LogP contribution in [0.5, 0.6) is 0 Å². The van der Waals surface area contributed by atoms with Crippen LogP contribution in [0.3, 0.4) is 0 Å². The molecule has 1 saturated carbocycles. The highest BCUT2D eigenvalue weighted by Crippen LogP contribution is 2.36. The number of sulfonamides is 1. The van der Waals surface area contributed by atoms with E-state index in [1.165, 1.54) is 44.5 Å². The zero-order valence-corrected chi connectivity index (χ0v) is 28.7. The van der Waals surface area contributed by atoms with Crippen molar-refractivity contribution in [3.8, 4) is 0 Å². The molecule has 3 aromatic rings. The van der Waals surface area contributed by atoms with Crippen molar-refractivity contribution in [1.29, 1.82) is 0 Å². The predicted octanol–water partition coefficient (Wildman–Crippen LogP) is 5.93. The maximum atomic E-state index is 15.4. The summed E-state index contributed by atoms with van der Waals surface area (Å²) in [5.74, 6) is -2.56. The molecule has 5 rings (SSSR count). The smallest absolute Gasteiger partial charge is 0.409 e. The largest absolute Gasteiger partial charge is 0.453 e. The molecule has 1 aliphatic heterocycles. The molecule has 0 spiro atoms. The van der Waals surface area contributed by atoms with E-state index in [4.69, 9.17) is 16.3 Å². The number of rotatable bonds is 12. The average Bonchev–Trinajstić information content (AvgIpc) is 3.91. The van der Waals surface area contributed by atoms with Crippen LogP contribution in [0.25, 0.3) is 0 Å². The Morgan fingerprint density at radius 3 is 2.44 bits per heavy atom. The first-order chi connectivity index (χ1) is 22.9. The molecule has 2 N–H and O–H groups in total. The van der Waals surface area contributed by atoms with Crippen LogP contribution in [-0.4, -0.2) is 80.2 Å². The van der Waals surface area contributed by atoms with Crippen LogP contribution in [0.15, 0.2) is 66.7 Å². The maximum Gasteiger partial charge on any atom is 0.409 e. The van der Waals surface area contributed by atoms with Gasteiger partial charge in [0.05, 0.1) is 12.4 Å². The number of halogens is 3. The van der Waals surface area contributed by atoms with Gasteiger partial charge in [-0.15, -0.1) is 0 Å². The lowest BCUT2D eigenvalue weighted by atomic mass is 9.83. The summed E-state index contributed by atoms with van der Waals surface area (Å²) in [4.78, 5) is 28.3. The number of piperazine rings is 1. The highest BCUT2D eigenvalue weighted by Gasteiger charge is 2.45. The van der Waals surface area contributed by atoms with Crippen LogP contribution in [0.2, 0.25) is 5.02 Å². The molecule has 0 radical (unpaired) electrons. The first-order valence-corrected chi connectivity index (χ1v) is 17.9. The molecule has 13 heteroatoms. The lowest BCUT2D eigenvalue weighted by molar-refractivity contribution is -0.120. The maximum absolute atomic E-state index is 15.4. The first-order valence-electron chi connectivity index (χ1n) is 16.0. The molecule has 48 heavy (non-hydrogen) atoms. The molecule has 2 fully saturated rings. The number of likely N-dealkylation sites (N-methyl/N-ethyl adjacent to an activating group) is 1. The molecule has 2 amide bonds. The van der Waals surface area contributed by atoms with Crippen molar-refractivity contribution in [3.05, 3.63) is 100 Å². The van der Waals surface area contributed by atoms with Gasteiger partial charge < -0.3 is 15.4 Å². The number of ether oxygens (including phenoxy) is 1. The van der Waals surface area contributed by atoms with Gasteiger partial charge in [0.1, 0.15) is 17.7 Å². The van der Waals surface area contributed by atoms with Gasteiger partial charge in [-0.2, -0.15) is 4.31 Å². The van der Waals surface area contributed by atoms with Gasteiger partial charge in [0.25, 0.3) is 0 Å². The molecule has 258 valence electrons. The molecule has 9 nitrogen and oxygen atoms in total. The monoisotopic (exact) mass is 702 g/mol. The SMILES string of the molecule is COC(=O)N(C)[C@H](C(=O)Nc1cccc(F)c1CCC[C@H]1CNC[C@H](C)N1S(=O)(=O)C1CC1)[C@@H](c1ccc(Cl)cc1)c1cccc(F)c1. The Morgan fingerprint density at radius 2 is 1.77 bits per heavy atom. The van der Waals surface area contributed by atoms with Crippen LogP contribution in [-0.2, 0) is 26.0 Å². The summed E-state index contributed by atoms with van der Waals surface area (Å²) in [5.41, 5.74) is 1.48. The fraction of sp³-hybridized carbons (Fsp3) is 0.429. The van der Waals surface area contributed by atoms with E-state index in [9.17, 15) is 22.4 Å². The minimum absolute atomic E-state index is 0.187. The molecule has 4 atom stereocenters. The lowest BCUT2D eigenvalue weighted by Gasteiger charge is -2.40. The molecule has 2 aliphatic rings. The van der Waals surface area contributed by atoms with Crippen molar-refractivity contribution < 1.29 is 31.5 Å². The van der Waals surface area contributed by atoms with E-state index in [0.717, 1.165) is 4.90 Å². The van der Waals surface area contributed by atoms with Crippen LogP contribution in [0, 0.1) is 11.6 Å². The third kappa shape index (κ3) is 7.99. The molecule has 0 bridgehead atoms. The summed E-state index contributed by atoms with van der Waals surface area (Å²) in [6.07, 6.45) is 1.74. The topological polar surface area (TPSA) is 108 Å². The Labute approximate surface area is 285 Å². The zero-order valence-electron chi connectivity index (χ0n) is 27.2. The fourth-order valence-electron chi connectivity index (χ4n) is 6.61. The molecule has 1 saturated heterocycles. The summed E-state index contributed by atoms with van der Waals surface area (Å²) in [5, 5.41) is 6.29. The van der Waals surface area contributed by atoms with E-state index in [1.807, 2.05) is 6.92 Å².